The maximum Gasteiger partial charge on any atom is 0.255 e. The molecular formula is C22H18N8O. The summed E-state index contributed by atoms with van der Waals surface area (Å²) in [6.45, 7) is 1.86. The van der Waals surface area contributed by atoms with E-state index in [-0.39, 0.29) is 5.91 Å². The van der Waals surface area contributed by atoms with Gasteiger partial charge in [0.2, 0.25) is 5.95 Å². The number of pyridine rings is 3. The molecule has 9 nitrogen and oxygen atoms in total. The molecule has 1 unspecified atom stereocenters. The molecule has 152 valence electrons. The minimum atomic E-state index is -0.473. The van der Waals surface area contributed by atoms with Crippen LogP contribution in [0.5, 0.6) is 0 Å². The van der Waals surface area contributed by atoms with Crippen molar-refractivity contribution >= 4 is 17.5 Å². The van der Waals surface area contributed by atoms with Gasteiger partial charge in [-0.25, -0.2) is 4.68 Å². The van der Waals surface area contributed by atoms with Gasteiger partial charge in [-0.1, -0.05) is 0 Å². The average Bonchev–Trinajstić information content (AvgIpc) is 3.23. The van der Waals surface area contributed by atoms with Crippen molar-refractivity contribution < 1.29 is 4.79 Å². The Kier molecular flexibility index (Phi) is 4.68. The van der Waals surface area contributed by atoms with Gasteiger partial charge in [0, 0.05) is 42.2 Å². The van der Waals surface area contributed by atoms with Crippen molar-refractivity contribution in [3.63, 3.8) is 0 Å². The molecule has 9 heteroatoms. The zero-order valence-electron chi connectivity index (χ0n) is 16.6. The van der Waals surface area contributed by atoms with Gasteiger partial charge in [0.25, 0.3) is 5.91 Å². The lowest BCUT2D eigenvalue weighted by Gasteiger charge is -2.28. The lowest BCUT2D eigenvalue weighted by atomic mass is 9.96. The first kappa shape index (κ1) is 18.6. The summed E-state index contributed by atoms with van der Waals surface area (Å²) in [5.41, 5.74) is 3.56. The summed E-state index contributed by atoms with van der Waals surface area (Å²) in [6, 6.07) is 10.5. The Morgan fingerprint density at radius 3 is 2.45 bits per heavy atom. The molecule has 5 heterocycles. The van der Waals surface area contributed by atoms with Crippen LogP contribution in [-0.2, 0) is 4.79 Å². The van der Waals surface area contributed by atoms with E-state index >= 15 is 0 Å². The second-order valence-electron chi connectivity index (χ2n) is 6.98. The van der Waals surface area contributed by atoms with Crippen molar-refractivity contribution in [1.29, 1.82) is 0 Å². The van der Waals surface area contributed by atoms with Crippen molar-refractivity contribution in [3.8, 4) is 11.4 Å². The Balaban J connectivity index is 1.60. The van der Waals surface area contributed by atoms with Crippen LogP contribution in [0.1, 0.15) is 18.5 Å². The highest BCUT2D eigenvalue weighted by molar-refractivity contribution is 6.05. The maximum absolute atomic E-state index is 13.3. The van der Waals surface area contributed by atoms with Gasteiger partial charge in [-0.3, -0.25) is 19.7 Å². The molecule has 2 N–H and O–H groups in total. The minimum Gasteiger partial charge on any atom is -0.328 e. The Morgan fingerprint density at radius 1 is 1.00 bits per heavy atom. The maximum atomic E-state index is 13.3. The lowest BCUT2D eigenvalue weighted by Crippen LogP contribution is -2.31. The predicted octanol–water partition coefficient (Wildman–Crippen LogP) is 3.06. The number of amides is 1. The second-order valence-corrected chi connectivity index (χ2v) is 6.98. The third kappa shape index (κ3) is 3.52. The molecule has 4 aromatic heterocycles. The van der Waals surface area contributed by atoms with Crippen LogP contribution in [0.25, 0.3) is 11.4 Å². The van der Waals surface area contributed by atoms with E-state index in [1.54, 1.807) is 54.0 Å². The number of aromatic nitrogens is 6. The highest BCUT2D eigenvalue weighted by atomic mass is 16.1. The summed E-state index contributed by atoms with van der Waals surface area (Å²) in [7, 11) is 0. The van der Waals surface area contributed by atoms with Crippen LogP contribution >= 0.6 is 0 Å². The largest absolute Gasteiger partial charge is 0.328 e. The molecule has 0 fully saturated rings. The van der Waals surface area contributed by atoms with Crippen molar-refractivity contribution in [2.24, 2.45) is 0 Å². The molecule has 0 aliphatic carbocycles. The van der Waals surface area contributed by atoms with Gasteiger partial charge in [0.1, 0.15) is 6.04 Å². The van der Waals surface area contributed by atoms with Gasteiger partial charge in [-0.2, -0.15) is 4.98 Å². The Bertz CT molecular complexity index is 1250. The molecule has 0 spiro atoms. The fourth-order valence-corrected chi connectivity index (χ4v) is 3.56. The van der Waals surface area contributed by atoms with Crippen molar-refractivity contribution in [2.75, 3.05) is 10.6 Å². The van der Waals surface area contributed by atoms with E-state index in [0.717, 1.165) is 11.1 Å². The zero-order valence-corrected chi connectivity index (χ0v) is 16.6. The van der Waals surface area contributed by atoms with Crippen LogP contribution in [0, 0.1) is 0 Å². The quantitative estimate of drug-likeness (QED) is 0.532. The molecule has 0 radical (unpaired) electrons. The zero-order chi connectivity index (χ0) is 21.2. The highest BCUT2D eigenvalue weighted by Crippen LogP contribution is 2.36. The van der Waals surface area contributed by atoms with Crippen LogP contribution in [0.4, 0.5) is 11.6 Å². The first-order chi connectivity index (χ1) is 15.2. The first-order valence-electron chi connectivity index (χ1n) is 9.67. The molecule has 1 aliphatic heterocycles. The summed E-state index contributed by atoms with van der Waals surface area (Å²) in [6.07, 6.45) is 10.0. The standard InChI is InChI=1S/C22H18N8O/c1-14-18(21(31)27-17-3-2-8-25-13-17)19(15-4-9-23-10-5-15)30-22(26-14)28-20(29-30)16-6-11-24-12-7-16/h2-13,19H,1H3,(H,27,31)(H,26,28,29). The molecule has 0 saturated carbocycles. The van der Waals surface area contributed by atoms with Gasteiger partial charge in [0.05, 0.1) is 17.5 Å². The topological polar surface area (TPSA) is 111 Å². The van der Waals surface area contributed by atoms with Crippen molar-refractivity contribution in [1.82, 2.24) is 29.7 Å². The van der Waals surface area contributed by atoms with Crippen LogP contribution in [0.15, 0.2) is 84.8 Å². The van der Waals surface area contributed by atoms with Gasteiger partial charge in [-0.05, 0) is 48.9 Å². The third-order valence-corrected chi connectivity index (χ3v) is 4.98. The Labute approximate surface area is 177 Å². The van der Waals surface area contributed by atoms with Gasteiger partial charge in [-0.15, -0.1) is 5.10 Å². The Hall–Kier alpha value is -4.40. The molecular weight excluding hydrogens is 392 g/mol. The predicted molar refractivity (Wildman–Crippen MR) is 115 cm³/mol. The molecule has 0 bridgehead atoms. The van der Waals surface area contributed by atoms with Crippen LogP contribution in [-0.4, -0.2) is 35.6 Å². The summed E-state index contributed by atoms with van der Waals surface area (Å²) < 4.78 is 1.73. The third-order valence-electron chi connectivity index (χ3n) is 4.98. The van der Waals surface area contributed by atoms with Gasteiger partial charge < -0.3 is 10.6 Å². The highest BCUT2D eigenvalue weighted by Gasteiger charge is 2.34. The van der Waals surface area contributed by atoms with E-state index in [1.165, 1.54) is 0 Å². The fraction of sp³-hybridized carbons (Fsp3) is 0.0909. The number of fused-ring (bicyclic) bond motifs is 1. The number of carbonyl (C=O) groups excluding carboxylic acids is 1. The SMILES string of the molecule is CC1=C(C(=O)Nc2cccnc2)C(c2ccncc2)n2nc(-c3ccncc3)nc2N1. The normalized spacial score (nSPS) is 15.2. The summed E-state index contributed by atoms with van der Waals surface area (Å²) >= 11 is 0. The van der Waals surface area contributed by atoms with E-state index in [9.17, 15) is 4.79 Å². The molecule has 1 aliphatic rings. The number of hydrogen-bond acceptors (Lipinski definition) is 7. The smallest absolute Gasteiger partial charge is 0.255 e. The lowest BCUT2D eigenvalue weighted by molar-refractivity contribution is -0.113. The van der Waals surface area contributed by atoms with Crippen LogP contribution in [0.3, 0.4) is 0 Å². The number of anilines is 2. The van der Waals surface area contributed by atoms with E-state index in [0.29, 0.717) is 28.7 Å². The molecule has 5 rings (SSSR count). The summed E-state index contributed by atoms with van der Waals surface area (Å²) in [5, 5.41) is 10.9. The molecule has 1 amide bonds. The average molecular weight is 410 g/mol. The molecule has 0 aromatic carbocycles. The first-order valence-corrected chi connectivity index (χ1v) is 9.67. The van der Waals surface area contributed by atoms with Crippen LogP contribution < -0.4 is 10.6 Å². The fourth-order valence-electron chi connectivity index (χ4n) is 3.56. The molecule has 31 heavy (non-hydrogen) atoms. The number of nitrogens with zero attached hydrogens (tertiary/aromatic N) is 6. The van der Waals surface area contributed by atoms with Crippen molar-refractivity contribution in [3.05, 3.63) is 90.4 Å². The minimum absolute atomic E-state index is 0.244. The van der Waals surface area contributed by atoms with E-state index in [4.69, 9.17) is 5.10 Å². The number of allylic oxidation sites excluding steroid dienone is 1. The number of hydrogen-bond donors (Lipinski definition) is 2. The van der Waals surface area contributed by atoms with E-state index in [1.807, 2.05) is 31.2 Å². The van der Waals surface area contributed by atoms with E-state index < -0.39 is 6.04 Å². The Morgan fingerprint density at radius 2 is 1.74 bits per heavy atom. The number of rotatable bonds is 4. The van der Waals surface area contributed by atoms with Gasteiger partial charge in [0.15, 0.2) is 5.82 Å². The summed E-state index contributed by atoms with van der Waals surface area (Å²) in [4.78, 5) is 30.2. The number of carbonyl (C=O) groups is 1. The number of nitrogens with one attached hydrogen (secondary N) is 2. The second kappa shape index (κ2) is 7.79. The molecule has 1 atom stereocenters. The van der Waals surface area contributed by atoms with E-state index in [2.05, 4.69) is 30.6 Å². The van der Waals surface area contributed by atoms with Gasteiger partial charge >= 0.3 is 0 Å². The van der Waals surface area contributed by atoms with Crippen molar-refractivity contribution in [2.45, 2.75) is 13.0 Å². The van der Waals surface area contributed by atoms with Crippen LogP contribution in [0.2, 0.25) is 0 Å². The summed E-state index contributed by atoms with van der Waals surface area (Å²) in [5.74, 6) is 0.862. The molecule has 4 aromatic rings. The monoisotopic (exact) mass is 410 g/mol. The molecule has 0 saturated heterocycles.